The molecule has 0 aliphatic carbocycles. The summed E-state index contributed by atoms with van der Waals surface area (Å²) in [5.74, 6) is -1.58. The lowest BCUT2D eigenvalue weighted by atomic mass is 9.92. The fourth-order valence-electron chi connectivity index (χ4n) is 2.57. The van der Waals surface area contributed by atoms with Crippen molar-refractivity contribution in [3.63, 3.8) is 0 Å². The van der Waals surface area contributed by atoms with Crippen LogP contribution in [0.15, 0.2) is 24.3 Å². The molecule has 1 unspecified atom stereocenters. The van der Waals surface area contributed by atoms with Crippen molar-refractivity contribution in [3.05, 3.63) is 47.2 Å². The number of pyridine rings is 1. The molecule has 0 radical (unpaired) electrons. The highest BCUT2D eigenvalue weighted by Gasteiger charge is 2.25. The zero-order chi connectivity index (χ0) is 15.9. The van der Waals surface area contributed by atoms with Crippen molar-refractivity contribution in [1.29, 1.82) is 0 Å². The minimum Gasteiger partial charge on any atom is -0.477 e. The van der Waals surface area contributed by atoms with Crippen LogP contribution in [0.4, 0.5) is 8.78 Å². The minimum absolute atomic E-state index is 0.00738. The first-order valence-electron chi connectivity index (χ1n) is 6.87. The maximum absolute atomic E-state index is 14.1. The molecule has 4 nitrogen and oxygen atoms in total. The molecule has 1 aliphatic heterocycles. The van der Waals surface area contributed by atoms with Crippen LogP contribution in [0, 0.1) is 17.6 Å². The van der Waals surface area contributed by atoms with Crippen molar-refractivity contribution in [2.75, 3.05) is 6.61 Å². The van der Waals surface area contributed by atoms with Crippen molar-refractivity contribution in [2.45, 2.75) is 13.3 Å². The number of hydrogen-bond donors (Lipinski definition) is 1. The Hall–Kier alpha value is -2.50. The number of hydrogen-bond acceptors (Lipinski definition) is 3. The highest BCUT2D eigenvalue weighted by atomic mass is 19.1. The molecular formula is C16H14F2N2O2. The van der Waals surface area contributed by atoms with E-state index in [4.69, 9.17) is 10.5 Å². The van der Waals surface area contributed by atoms with E-state index in [9.17, 15) is 13.6 Å². The van der Waals surface area contributed by atoms with Crippen LogP contribution in [0.1, 0.15) is 23.0 Å². The molecule has 1 aromatic heterocycles. The molecule has 0 saturated carbocycles. The number of ether oxygens (including phenoxy) is 1. The number of primary amides is 1. The summed E-state index contributed by atoms with van der Waals surface area (Å²) in [5, 5.41) is 0. The molecule has 3 rings (SSSR count). The molecule has 0 bridgehead atoms. The van der Waals surface area contributed by atoms with Crippen LogP contribution in [0.2, 0.25) is 0 Å². The van der Waals surface area contributed by atoms with Gasteiger partial charge in [-0.1, -0.05) is 6.92 Å². The van der Waals surface area contributed by atoms with Gasteiger partial charge in [0.15, 0.2) is 0 Å². The van der Waals surface area contributed by atoms with E-state index in [-0.39, 0.29) is 23.1 Å². The van der Waals surface area contributed by atoms with Crippen molar-refractivity contribution >= 4 is 5.91 Å². The molecule has 2 heterocycles. The van der Waals surface area contributed by atoms with Gasteiger partial charge in [0.25, 0.3) is 5.91 Å². The standard InChI is InChI=1S/C16H14F2N2O2/c1-8-4-12-11(10-3-2-9(17)5-13(10)18)6-14(15(19)21)20-16(12)22-7-8/h2-3,5-6,8H,4,7H2,1H3,(H2,19,21). The highest BCUT2D eigenvalue weighted by molar-refractivity contribution is 5.93. The number of fused-ring (bicyclic) bond motifs is 1. The Bertz CT molecular complexity index is 762. The lowest BCUT2D eigenvalue weighted by Crippen LogP contribution is -2.22. The van der Waals surface area contributed by atoms with Crippen molar-refractivity contribution in [2.24, 2.45) is 11.7 Å². The number of aromatic nitrogens is 1. The van der Waals surface area contributed by atoms with Crippen LogP contribution in [0.25, 0.3) is 11.1 Å². The van der Waals surface area contributed by atoms with Gasteiger partial charge >= 0.3 is 0 Å². The first-order valence-corrected chi connectivity index (χ1v) is 6.87. The third-order valence-corrected chi connectivity index (χ3v) is 3.62. The average molecular weight is 304 g/mol. The summed E-state index contributed by atoms with van der Waals surface area (Å²) in [4.78, 5) is 15.5. The van der Waals surface area contributed by atoms with Gasteiger partial charge in [-0.15, -0.1) is 0 Å². The van der Waals surface area contributed by atoms with Crippen LogP contribution < -0.4 is 10.5 Å². The van der Waals surface area contributed by atoms with E-state index in [0.29, 0.717) is 24.2 Å². The van der Waals surface area contributed by atoms with Gasteiger partial charge in [-0.2, -0.15) is 0 Å². The monoisotopic (exact) mass is 304 g/mol. The second-order valence-electron chi connectivity index (χ2n) is 5.45. The highest BCUT2D eigenvalue weighted by Crippen LogP contribution is 2.36. The third kappa shape index (κ3) is 2.52. The largest absolute Gasteiger partial charge is 0.477 e. The maximum Gasteiger partial charge on any atom is 0.267 e. The molecule has 1 amide bonds. The average Bonchev–Trinajstić information content (AvgIpc) is 2.46. The van der Waals surface area contributed by atoms with Gasteiger partial charge in [0.2, 0.25) is 5.88 Å². The van der Waals surface area contributed by atoms with Crippen molar-refractivity contribution in [1.82, 2.24) is 4.98 Å². The molecule has 2 aromatic rings. The van der Waals surface area contributed by atoms with Crippen molar-refractivity contribution in [3.8, 4) is 17.0 Å². The molecule has 114 valence electrons. The lowest BCUT2D eigenvalue weighted by Gasteiger charge is -2.24. The first-order chi connectivity index (χ1) is 10.5. The quantitative estimate of drug-likeness (QED) is 0.927. The molecule has 1 aromatic carbocycles. The normalized spacial score (nSPS) is 16.8. The lowest BCUT2D eigenvalue weighted by molar-refractivity contribution is 0.0993. The van der Waals surface area contributed by atoms with Crippen LogP contribution in [-0.2, 0) is 6.42 Å². The Kier molecular flexibility index (Phi) is 3.52. The zero-order valence-corrected chi connectivity index (χ0v) is 11.9. The number of carbonyl (C=O) groups is 1. The van der Waals surface area contributed by atoms with Crippen LogP contribution in [0.5, 0.6) is 5.88 Å². The zero-order valence-electron chi connectivity index (χ0n) is 11.9. The Balaban J connectivity index is 2.24. The summed E-state index contributed by atoms with van der Waals surface area (Å²) in [5.41, 5.74) is 6.62. The number of carbonyl (C=O) groups excluding carboxylic acids is 1. The predicted molar refractivity (Wildman–Crippen MR) is 76.5 cm³/mol. The van der Waals surface area contributed by atoms with Crippen molar-refractivity contribution < 1.29 is 18.3 Å². The van der Waals surface area contributed by atoms with Gasteiger partial charge in [0.1, 0.15) is 17.3 Å². The fraction of sp³-hybridized carbons (Fsp3) is 0.250. The number of benzene rings is 1. The number of amides is 1. The Morgan fingerprint density at radius 3 is 2.77 bits per heavy atom. The van der Waals surface area contributed by atoms with E-state index in [0.717, 1.165) is 6.07 Å². The van der Waals surface area contributed by atoms with Crippen LogP contribution in [0.3, 0.4) is 0 Å². The fourth-order valence-corrected chi connectivity index (χ4v) is 2.57. The number of nitrogens with zero attached hydrogens (tertiary/aromatic N) is 1. The Labute approximate surface area is 125 Å². The topological polar surface area (TPSA) is 65.2 Å². The summed E-state index contributed by atoms with van der Waals surface area (Å²) < 4.78 is 32.8. The van der Waals surface area contributed by atoms with E-state index in [1.54, 1.807) is 0 Å². The first kappa shape index (κ1) is 14.4. The smallest absolute Gasteiger partial charge is 0.267 e. The van der Waals surface area contributed by atoms with Crippen LogP contribution in [-0.4, -0.2) is 17.5 Å². The SMILES string of the molecule is CC1COc2nc(C(N)=O)cc(-c3ccc(F)cc3F)c2C1. The summed E-state index contributed by atoms with van der Waals surface area (Å²) in [6.07, 6.45) is 0.632. The molecule has 0 spiro atoms. The summed E-state index contributed by atoms with van der Waals surface area (Å²) in [7, 11) is 0. The summed E-state index contributed by atoms with van der Waals surface area (Å²) in [6.45, 7) is 2.46. The molecule has 1 aliphatic rings. The second kappa shape index (κ2) is 5.36. The number of nitrogens with two attached hydrogens (primary N) is 1. The molecule has 2 N–H and O–H groups in total. The van der Waals surface area contributed by atoms with Gasteiger partial charge in [-0.25, -0.2) is 13.8 Å². The molecule has 22 heavy (non-hydrogen) atoms. The molecule has 0 fully saturated rings. The van der Waals surface area contributed by atoms with Gasteiger partial charge in [-0.3, -0.25) is 4.79 Å². The molecular weight excluding hydrogens is 290 g/mol. The van der Waals surface area contributed by atoms with Crippen LogP contribution >= 0.6 is 0 Å². The van der Waals surface area contributed by atoms with E-state index in [1.807, 2.05) is 6.92 Å². The Morgan fingerprint density at radius 2 is 2.09 bits per heavy atom. The molecule has 1 atom stereocenters. The summed E-state index contributed by atoms with van der Waals surface area (Å²) >= 11 is 0. The van der Waals surface area contributed by atoms with E-state index < -0.39 is 17.5 Å². The van der Waals surface area contributed by atoms with Gasteiger partial charge in [0, 0.05) is 17.2 Å². The number of rotatable bonds is 2. The summed E-state index contributed by atoms with van der Waals surface area (Å²) in [6, 6.07) is 4.74. The molecule has 6 heteroatoms. The van der Waals surface area contributed by atoms with Gasteiger partial charge < -0.3 is 10.5 Å². The van der Waals surface area contributed by atoms with E-state index in [1.165, 1.54) is 18.2 Å². The third-order valence-electron chi connectivity index (χ3n) is 3.62. The second-order valence-corrected chi connectivity index (χ2v) is 5.45. The van der Waals surface area contributed by atoms with E-state index in [2.05, 4.69) is 4.98 Å². The van der Waals surface area contributed by atoms with E-state index >= 15 is 0 Å². The van der Waals surface area contributed by atoms with Gasteiger partial charge in [-0.05, 0) is 36.1 Å². The Morgan fingerprint density at radius 1 is 1.32 bits per heavy atom. The molecule has 0 saturated heterocycles. The minimum atomic E-state index is -0.728. The number of halogens is 2. The predicted octanol–water partition coefficient (Wildman–Crippen LogP) is 2.70. The van der Waals surface area contributed by atoms with Gasteiger partial charge in [0.05, 0.1) is 6.61 Å². The maximum atomic E-state index is 14.1.